The summed E-state index contributed by atoms with van der Waals surface area (Å²) < 4.78 is 0.842. The number of piperidine rings is 1. The normalized spacial score (nSPS) is 16.0. The van der Waals surface area contributed by atoms with Crippen LogP contribution in [-0.2, 0) is 0 Å². The van der Waals surface area contributed by atoms with Crippen molar-refractivity contribution in [1.82, 2.24) is 4.98 Å². The summed E-state index contributed by atoms with van der Waals surface area (Å²) in [6.07, 6.45) is 3.71. The summed E-state index contributed by atoms with van der Waals surface area (Å²) in [5.74, 6) is 0.790. The zero-order chi connectivity index (χ0) is 11.5. The highest BCUT2D eigenvalue weighted by molar-refractivity contribution is 9.10. The van der Waals surface area contributed by atoms with E-state index in [4.69, 9.17) is 5.26 Å². The molecule has 1 aromatic heterocycles. The van der Waals surface area contributed by atoms with Crippen molar-refractivity contribution in [2.24, 2.45) is 0 Å². The lowest BCUT2D eigenvalue weighted by molar-refractivity contribution is 0.678. The molecule has 1 saturated heterocycles. The number of hydrogen-bond donors (Lipinski definition) is 0. The van der Waals surface area contributed by atoms with Crippen LogP contribution in [0.4, 0.5) is 5.82 Å². The Kier molecular flexibility index (Phi) is 3.25. The Balaban J connectivity index is 2.27. The van der Waals surface area contributed by atoms with E-state index >= 15 is 0 Å². The Morgan fingerprint density at radius 2 is 2.12 bits per heavy atom. The van der Waals surface area contributed by atoms with Gasteiger partial charge in [-0.15, -0.1) is 0 Å². The Labute approximate surface area is 104 Å². The number of nitrogens with zero attached hydrogens (tertiary/aromatic N) is 3. The van der Waals surface area contributed by atoms with Crippen LogP contribution >= 0.6 is 15.9 Å². The van der Waals surface area contributed by atoms with Crippen LogP contribution in [0, 0.1) is 11.3 Å². The molecule has 82 valence electrons. The quantitative estimate of drug-likeness (QED) is 0.741. The molecule has 0 bridgehead atoms. The fourth-order valence-corrected chi connectivity index (χ4v) is 2.13. The van der Waals surface area contributed by atoms with Crippen molar-refractivity contribution < 1.29 is 0 Å². The summed E-state index contributed by atoms with van der Waals surface area (Å²) in [7, 11) is 0. The van der Waals surface area contributed by atoms with E-state index in [1.807, 2.05) is 6.07 Å². The maximum atomic E-state index is 9.07. The molecule has 0 atom stereocenters. The van der Waals surface area contributed by atoms with E-state index in [0.29, 0.717) is 5.56 Å². The number of aromatic nitrogens is 1. The molecular formula is C12H12BrN3. The largest absolute Gasteiger partial charge is 0.355 e. The maximum Gasteiger partial charge on any atom is 0.146 e. The second-order valence-corrected chi connectivity index (χ2v) is 4.79. The zero-order valence-corrected chi connectivity index (χ0v) is 10.5. The molecule has 3 nitrogen and oxygen atoms in total. The lowest BCUT2D eigenvalue weighted by atomic mass is 10.1. The molecule has 0 N–H and O–H groups in total. The highest BCUT2D eigenvalue weighted by Crippen LogP contribution is 2.24. The molecular weight excluding hydrogens is 266 g/mol. The van der Waals surface area contributed by atoms with Crippen LogP contribution in [0.15, 0.2) is 28.9 Å². The van der Waals surface area contributed by atoms with Gasteiger partial charge in [0.05, 0.1) is 5.56 Å². The average Bonchev–Trinajstić information content (AvgIpc) is 2.30. The standard InChI is InChI=1S/C12H12BrN3/c1-9-2-4-16(5-3-9)12-10(7-14)6-11(13)8-15-12/h6,8H,1-5H2. The van der Waals surface area contributed by atoms with E-state index < -0.39 is 0 Å². The SMILES string of the molecule is C=C1CCN(c2ncc(Br)cc2C#N)CC1. The lowest BCUT2D eigenvalue weighted by Crippen LogP contribution is -2.31. The average molecular weight is 278 g/mol. The van der Waals surface area contributed by atoms with Crippen LogP contribution in [0.5, 0.6) is 0 Å². The summed E-state index contributed by atoms with van der Waals surface area (Å²) in [4.78, 5) is 6.48. The van der Waals surface area contributed by atoms with Crippen molar-refractivity contribution in [3.63, 3.8) is 0 Å². The van der Waals surface area contributed by atoms with Gasteiger partial charge in [-0.1, -0.05) is 12.2 Å². The molecule has 0 aromatic carbocycles. The topological polar surface area (TPSA) is 39.9 Å². The Morgan fingerprint density at radius 1 is 1.44 bits per heavy atom. The number of rotatable bonds is 1. The molecule has 4 heteroatoms. The van der Waals surface area contributed by atoms with Gasteiger partial charge in [0.1, 0.15) is 11.9 Å². The fraction of sp³-hybridized carbons (Fsp3) is 0.333. The van der Waals surface area contributed by atoms with Gasteiger partial charge < -0.3 is 4.90 Å². The van der Waals surface area contributed by atoms with Gasteiger partial charge in [0.2, 0.25) is 0 Å². The van der Waals surface area contributed by atoms with Crippen LogP contribution in [0.2, 0.25) is 0 Å². The molecule has 0 spiro atoms. The van der Waals surface area contributed by atoms with Crippen molar-refractivity contribution in [2.75, 3.05) is 18.0 Å². The molecule has 1 aromatic rings. The summed E-state index contributed by atoms with van der Waals surface area (Å²) in [5, 5.41) is 9.07. The first kappa shape index (κ1) is 11.2. The molecule has 2 heterocycles. The first-order valence-corrected chi connectivity index (χ1v) is 5.97. The zero-order valence-electron chi connectivity index (χ0n) is 8.91. The third kappa shape index (κ3) is 2.25. The maximum absolute atomic E-state index is 9.07. The number of halogens is 1. The minimum absolute atomic E-state index is 0.627. The molecule has 0 aliphatic carbocycles. The predicted molar refractivity (Wildman–Crippen MR) is 67.2 cm³/mol. The Morgan fingerprint density at radius 3 is 2.75 bits per heavy atom. The second kappa shape index (κ2) is 4.67. The lowest BCUT2D eigenvalue weighted by Gasteiger charge is -2.29. The molecule has 0 amide bonds. The molecule has 1 aliphatic heterocycles. The van der Waals surface area contributed by atoms with E-state index in [1.54, 1.807) is 6.20 Å². The second-order valence-electron chi connectivity index (χ2n) is 3.87. The highest BCUT2D eigenvalue weighted by atomic mass is 79.9. The van der Waals surface area contributed by atoms with E-state index in [0.717, 1.165) is 36.2 Å². The van der Waals surface area contributed by atoms with Gasteiger partial charge in [0.15, 0.2) is 0 Å². The van der Waals surface area contributed by atoms with E-state index in [9.17, 15) is 0 Å². The summed E-state index contributed by atoms with van der Waals surface area (Å²) in [6.45, 7) is 5.79. The number of anilines is 1. The van der Waals surface area contributed by atoms with Crippen molar-refractivity contribution in [1.29, 1.82) is 5.26 Å². The number of hydrogen-bond acceptors (Lipinski definition) is 3. The van der Waals surface area contributed by atoms with Crippen LogP contribution < -0.4 is 4.90 Å². The number of pyridine rings is 1. The van der Waals surface area contributed by atoms with Crippen molar-refractivity contribution in [2.45, 2.75) is 12.8 Å². The van der Waals surface area contributed by atoms with Gasteiger partial charge in [-0.05, 0) is 34.8 Å². The summed E-state index contributed by atoms with van der Waals surface area (Å²) in [5.41, 5.74) is 1.91. The molecule has 0 unspecified atom stereocenters. The van der Waals surface area contributed by atoms with Gasteiger partial charge >= 0.3 is 0 Å². The van der Waals surface area contributed by atoms with Crippen LogP contribution in [-0.4, -0.2) is 18.1 Å². The van der Waals surface area contributed by atoms with Gasteiger partial charge in [-0.2, -0.15) is 5.26 Å². The van der Waals surface area contributed by atoms with E-state index in [-0.39, 0.29) is 0 Å². The Hall–Kier alpha value is -1.34. The molecule has 16 heavy (non-hydrogen) atoms. The van der Waals surface area contributed by atoms with Crippen molar-refractivity contribution in [3.8, 4) is 6.07 Å². The molecule has 1 aliphatic rings. The highest BCUT2D eigenvalue weighted by Gasteiger charge is 2.17. The van der Waals surface area contributed by atoms with Gasteiger partial charge in [0.25, 0.3) is 0 Å². The van der Waals surface area contributed by atoms with E-state index in [1.165, 1.54) is 5.57 Å². The fourth-order valence-electron chi connectivity index (χ4n) is 1.80. The van der Waals surface area contributed by atoms with Crippen LogP contribution in [0.1, 0.15) is 18.4 Å². The Bertz CT molecular complexity index is 452. The van der Waals surface area contributed by atoms with E-state index in [2.05, 4.69) is 38.5 Å². The third-order valence-electron chi connectivity index (χ3n) is 2.72. The van der Waals surface area contributed by atoms with Gasteiger partial charge in [-0.25, -0.2) is 4.98 Å². The molecule has 0 radical (unpaired) electrons. The summed E-state index contributed by atoms with van der Waals surface area (Å²) >= 11 is 3.32. The van der Waals surface area contributed by atoms with Crippen molar-refractivity contribution >= 4 is 21.7 Å². The van der Waals surface area contributed by atoms with Gasteiger partial charge in [-0.3, -0.25) is 0 Å². The van der Waals surface area contributed by atoms with Crippen LogP contribution in [0.3, 0.4) is 0 Å². The van der Waals surface area contributed by atoms with Crippen molar-refractivity contribution in [3.05, 3.63) is 34.5 Å². The first-order valence-electron chi connectivity index (χ1n) is 5.18. The molecule has 0 saturated carbocycles. The monoisotopic (exact) mass is 277 g/mol. The minimum Gasteiger partial charge on any atom is -0.355 e. The smallest absolute Gasteiger partial charge is 0.146 e. The minimum atomic E-state index is 0.627. The van der Waals surface area contributed by atoms with Gasteiger partial charge in [0, 0.05) is 23.8 Å². The molecule has 2 rings (SSSR count). The third-order valence-corrected chi connectivity index (χ3v) is 3.16. The predicted octanol–water partition coefficient (Wildman–Crippen LogP) is 2.87. The summed E-state index contributed by atoms with van der Waals surface area (Å²) in [6, 6.07) is 4.00. The van der Waals surface area contributed by atoms with Crippen LogP contribution in [0.25, 0.3) is 0 Å². The number of nitriles is 1. The molecule has 1 fully saturated rings. The first-order chi connectivity index (χ1) is 7.70.